The van der Waals surface area contributed by atoms with Gasteiger partial charge in [-0.25, -0.2) is 5.43 Å². The van der Waals surface area contributed by atoms with Crippen molar-refractivity contribution < 1.29 is 9.90 Å². The van der Waals surface area contributed by atoms with Gasteiger partial charge in [0.05, 0.1) is 16.3 Å². The van der Waals surface area contributed by atoms with Crippen LogP contribution in [0, 0.1) is 6.92 Å². The lowest BCUT2D eigenvalue weighted by molar-refractivity contribution is -0.129. The van der Waals surface area contributed by atoms with Gasteiger partial charge in [0.2, 0.25) is 0 Å². The number of nitrogens with zero attached hydrogens (tertiary/aromatic N) is 2. The maximum absolute atomic E-state index is 12.3. The molecular weight excluding hydrogens is 445 g/mol. The standard InChI is InChI=1S/C25H21Cl2N3O2/c1-16-20(14-28-29-25(32)24(31)18-7-3-2-4-8-18)19-9-5-6-10-23(19)30(16)15-17-11-12-21(26)22(27)13-17/h2-14,24,31H,15H2,1H3,(H,29,32)/b28-14-/t24-/m1/s1. The second kappa shape index (κ2) is 9.57. The van der Waals surface area contributed by atoms with Crippen molar-refractivity contribution in [1.29, 1.82) is 0 Å². The van der Waals surface area contributed by atoms with Crippen LogP contribution < -0.4 is 5.43 Å². The van der Waals surface area contributed by atoms with E-state index >= 15 is 0 Å². The molecule has 0 bridgehead atoms. The molecule has 162 valence electrons. The van der Waals surface area contributed by atoms with E-state index in [1.54, 1.807) is 36.5 Å². The number of carbonyl (C=O) groups excluding carboxylic acids is 1. The second-order valence-electron chi connectivity index (χ2n) is 7.40. The van der Waals surface area contributed by atoms with E-state index in [2.05, 4.69) is 15.1 Å². The van der Waals surface area contributed by atoms with Gasteiger partial charge in [-0.2, -0.15) is 5.10 Å². The minimum atomic E-state index is -1.29. The first-order valence-corrected chi connectivity index (χ1v) is 10.8. The number of aliphatic hydroxyl groups is 1. The Morgan fingerprint density at radius 2 is 1.78 bits per heavy atom. The maximum atomic E-state index is 12.3. The Labute approximate surface area is 195 Å². The van der Waals surface area contributed by atoms with Gasteiger partial charge in [0.25, 0.3) is 5.91 Å². The van der Waals surface area contributed by atoms with Crippen LogP contribution in [0.5, 0.6) is 0 Å². The summed E-state index contributed by atoms with van der Waals surface area (Å²) in [5, 5.41) is 16.4. The fraction of sp³-hybridized carbons (Fsp3) is 0.120. The molecule has 1 atom stereocenters. The number of hydrogen-bond acceptors (Lipinski definition) is 3. The number of para-hydroxylation sites is 1. The lowest BCUT2D eigenvalue weighted by atomic mass is 10.1. The van der Waals surface area contributed by atoms with E-state index in [0.29, 0.717) is 22.2 Å². The van der Waals surface area contributed by atoms with Gasteiger partial charge in [-0.05, 0) is 36.2 Å². The number of fused-ring (bicyclic) bond motifs is 1. The van der Waals surface area contributed by atoms with Gasteiger partial charge in [0.1, 0.15) is 0 Å². The Hall–Kier alpha value is -3.12. The van der Waals surface area contributed by atoms with E-state index in [-0.39, 0.29) is 0 Å². The van der Waals surface area contributed by atoms with Gasteiger partial charge in [-0.1, -0.05) is 77.8 Å². The van der Waals surface area contributed by atoms with Crippen LogP contribution in [0.4, 0.5) is 0 Å². The number of aliphatic hydroxyl groups excluding tert-OH is 1. The van der Waals surface area contributed by atoms with E-state index in [0.717, 1.165) is 27.7 Å². The number of aromatic nitrogens is 1. The van der Waals surface area contributed by atoms with Crippen molar-refractivity contribution in [2.75, 3.05) is 0 Å². The number of hydrogen-bond donors (Lipinski definition) is 2. The molecule has 0 aliphatic rings. The molecule has 32 heavy (non-hydrogen) atoms. The summed E-state index contributed by atoms with van der Waals surface area (Å²) in [6, 6.07) is 22.3. The van der Waals surface area contributed by atoms with Crippen molar-refractivity contribution in [2.45, 2.75) is 19.6 Å². The van der Waals surface area contributed by atoms with Gasteiger partial charge < -0.3 is 9.67 Å². The average Bonchev–Trinajstić information content (AvgIpc) is 3.07. The maximum Gasteiger partial charge on any atom is 0.273 e. The minimum Gasteiger partial charge on any atom is -0.378 e. The van der Waals surface area contributed by atoms with E-state index < -0.39 is 12.0 Å². The zero-order valence-electron chi connectivity index (χ0n) is 17.3. The smallest absolute Gasteiger partial charge is 0.273 e. The zero-order valence-corrected chi connectivity index (χ0v) is 18.8. The van der Waals surface area contributed by atoms with Gasteiger partial charge >= 0.3 is 0 Å². The van der Waals surface area contributed by atoms with Crippen LogP contribution in [0.15, 0.2) is 77.9 Å². The summed E-state index contributed by atoms with van der Waals surface area (Å²) in [5.41, 5.74) is 6.87. The lowest BCUT2D eigenvalue weighted by Crippen LogP contribution is -2.25. The van der Waals surface area contributed by atoms with Crippen molar-refractivity contribution in [3.05, 3.63) is 105 Å². The highest BCUT2D eigenvalue weighted by Crippen LogP contribution is 2.28. The summed E-state index contributed by atoms with van der Waals surface area (Å²) < 4.78 is 2.16. The van der Waals surface area contributed by atoms with E-state index in [9.17, 15) is 9.90 Å². The lowest BCUT2D eigenvalue weighted by Gasteiger charge is -2.10. The van der Waals surface area contributed by atoms with Gasteiger partial charge in [0, 0.05) is 28.7 Å². The van der Waals surface area contributed by atoms with Crippen LogP contribution in [0.1, 0.15) is 28.5 Å². The summed E-state index contributed by atoms with van der Waals surface area (Å²) >= 11 is 12.2. The molecule has 2 N–H and O–H groups in total. The van der Waals surface area contributed by atoms with Crippen LogP contribution in [0.25, 0.3) is 10.9 Å². The van der Waals surface area contributed by atoms with Crippen molar-refractivity contribution in [1.82, 2.24) is 9.99 Å². The number of amides is 1. The van der Waals surface area contributed by atoms with Crippen LogP contribution in [0.2, 0.25) is 10.0 Å². The van der Waals surface area contributed by atoms with E-state index in [1.165, 1.54) is 0 Å². The molecule has 0 saturated heterocycles. The second-order valence-corrected chi connectivity index (χ2v) is 8.21. The first kappa shape index (κ1) is 22.1. The Morgan fingerprint density at radius 1 is 1.06 bits per heavy atom. The summed E-state index contributed by atoms with van der Waals surface area (Å²) in [6.07, 6.45) is 0.323. The normalized spacial score (nSPS) is 12.4. The van der Waals surface area contributed by atoms with Crippen LogP contribution in [-0.2, 0) is 11.3 Å². The predicted molar refractivity (Wildman–Crippen MR) is 129 cm³/mol. The molecule has 0 fully saturated rings. The van der Waals surface area contributed by atoms with Crippen molar-refractivity contribution in [3.8, 4) is 0 Å². The third kappa shape index (κ3) is 4.55. The summed E-state index contributed by atoms with van der Waals surface area (Å²) in [6.45, 7) is 2.61. The average molecular weight is 466 g/mol. The summed E-state index contributed by atoms with van der Waals surface area (Å²) in [4.78, 5) is 12.3. The van der Waals surface area contributed by atoms with Gasteiger partial charge in [-0.15, -0.1) is 0 Å². The highest BCUT2D eigenvalue weighted by molar-refractivity contribution is 6.42. The highest BCUT2D eigenvalue weighted by Gasteiger charge is 2.17. The fourth-order valence-electron chi connectivity index (χ4n) is 3.65. The molecule has 5 nitrogen and oxygen atoms in total. The van der Waals surface area contributed by atoms with Crippen molar-refractivity contribution in [3.63, 3.8) is 0 Å². The van der Waals surface area contributed by atoms with Crippen LogP contribution in [-0.4, -0.2) is 21.8 Å². The number of rotatable bonds is 6. The Morgan fingerprint density at radius 3 is 2.53 bits per heavy atom. The first-order valence-electron chi connectivity index (χ1n) is 10.0. The molecule has 3 aromatic carbocycles. The molecule has 0 aliphatic heterocycles. The Balaban J connectivity index is 1.59. The van der Waals surface area contributed by atoms with Crippen molar-refractivity contribution in [2.24, 2.45) is 5.10 Å². The van der Waals surface area contributed by atoms with Crippen LogP contribution in [0.3, 0.4) is 0 Å². The molecule has 0 unspecified atom stereocenters. The van der Waals surface area contributed by atoms with Crippen molar-refractivity contribution >= 4 is 46.2 Å². The molecule has 4 rings (SSSR count). The highest BCUT2D eigenvalue weighted by atomic mass is 35.5. The van der Waals surface area contributed by atoms with E-state index in [4.69, 9.17) is 23.2 Å². The number of nitrogens with one attached hydrogen (secondary N) is 1. The number of hydrazone groups is 1. The molecule has 4 aromatic rings. The fourth-order valence-corrected chi connectivity index (χ4v) is 3.97. The SMILES string of the molecule is Cc1c(/C=N\NC(=O)[C@H](O)c2ccccc2)c2ccccc2n1Cc1ccc(Cl)c(Cl)c1. The molecule has 1 aromatic heterocycles. The molecule has 0 aliphatic carbocycles. The molecule has 7 heteroatoms. The molecule has 0 saturated carbocycles. The molecule has 0 spiro atoms. The molecule has 0 radical (unpaired) electrons. The number of benzene rings is 3. The van der Waals surface area contributed by atoms with Gasteiger partial charge in [-0.3, -0.25) is 4.79 Å². The largest absolute Gasteiger partial charge is 0.378 e. The first-order chi connectivity index (χ1) is 15.5. The molecule has 1 heterocycles. The predicted octanol–water partition coefficient (Wildman–Crippen LogP) is 5.49. The topological polar surface area (TPSA) is 66.6 Å². The molecular formula is C25H21Cl2N3O2. The molecule has 1 amide bonds. The number of halogens is 2. The Bertz CT molecular complexity index is 1300. The number of carbonyl (C=O) groups is 1. The summed E-state index contributed by atoms with van der Waals surface area (Å²) in [7, 11) is 0. The minimum absolute atomic E-state index is 0.509. The van der Waals surface area contributed by atoms with E-state index in [1.807, 2.05) is 49.4 Å². The van der Waals surface area contributed by atoms with Gasteiger partial charge in [0.15, 0.2) is 6.10 Å². The quantitative estimate of drug-likeness (QED) is 0.292. The third-order valence-electron chi connectivity index (χ3n) is 5.34. The Kier molecular flexibility index (Phi) is 6.61. The van der Waals surface area contributed by atoms with Crippen LogP contribution >= 0.6 is 23.2 Å². The third-order valence-corrected chi connectivity index (χ3v) is 6.08. The zero-order chi connectivity index (χ0) is 22.7. The summed E-state index contributed by atoms with van der Waals surface area (Å²) in [5.74, 6) is -0.593. The monoisotopic (exact) mass is 465 g/mol.